The SMILES string of the molecule is CC(=O)OC[C@H]1O[C@@H](O[C@H]2[C@H](OC(C)=O)[C@@H](OC(C)=O)[C@H](SC[C@H](NC(=O)[C@H](C)NC(=O)OC(C)(C)C)C(=O)N3CCC[C@H]3C(=O)OCc3ccccc3)O[C@@H]2COC(C)=O)[C@H](OC(C)=O)[C@@H](OC(C)=O)[C@H]1OC(C)=O. The minimum Gasteiger partial charge on any atom is -0.463 e. The van der Waals surface area contributed by atoms with Gasteiger partial charge in [0, 0.05) is 60.8 Å². The third-order valence-corrected chi connectivity index (χ3v) is 12.3. The number of nitrogens with zero attached hydrogens (tertiary/aromatic N) is 1. The van der Waals surface area contributed by atoms with E-state index >= 15 is 0 Å². The minimum absolute atomic E-state index is 0.0694. The molecule has 0 radical (unpaired) electrons. The number of carbonyl (C=O) groups excluding carboxylic acids is 11. The lowest BCUT2D eigenvalue weighted by molar-refractivity contribution is -0.341. The molecule has 3 aliphatic heterocycles. The van der Waals surface area contributed by atoms with Gasteiger partial charge in [-0.25, -0.2) is 9.59 Å². The number of hydrogen-bond acceptors (Lipinski definition) is 24. The third-order valence-electron chi connectivity index (χ3n) is 11.1. The second kappa shape index (κ2) is 28.5. The van der Waals surface area contributed by atoms with Crippen molar-refractivity contribution in [3.05, 3.63) is 35.9 Å². The molecule has 0 spiro atoms. The fourth-order valence-electron chi connectivity index (χ4n) is 8.12. The van der Waals surface area contributed by atoms with Crippen molar-refractivity contribution in [2.45, 2.75) is 180 Å². The van der Waals surface area contributed by atoms with Crippen molar-refractivity contribution < 1.29 is 110 Å². The quantitative estimate of drug-likeness (QED) is 0.130. The predicted molar refractivity (Wildman–Crippen MR) is 257 cm³/mol. The van der Waals surface area contributed by atoms with Gasteiger partial charge >= 0.3 is 53.8 Å². The van der Waals surface area contributed by atoms with E-state index in [-0.39, 0.29) is 19.6 Å². The summed E-state index contributed by atoms with van der Waals surface area (Å²) >= 11 is 0.752. The van der Waals surface area contributed by atoms with E-state index in [2.05, 4.69) is 10.6 Å². The molecule has 76 heavy (non-hydrogen) atoms. The average Bonchev–Trinajstić information content (AvgIpc) is 3.81. The molecule has 422 valence electrons. The second-order valence-electron chi connectivity index (χ2n) is 18.7. The highest BCUT2D eigenvalue weighted by Crippen LogP contribution is 2.38. The van der Waals surface area contributed by atoms with Crippen LogP contribution < -0.4 is 10.6 Å². The van der Waals surface area contributed by atoms with Crippen LogP contribution in [0.1, 0.15) is 94.6 Å². The zero-order valence-corrected chi connectivity index (χ0v) is 44.9. The van der Waals surface area contributed by atoms with Gasteiger partial charge in [-0.2, -0.15) is 0 Å². The largest absolute Gasteiger partial charge is 0.463 e. The highest BCUT2D eigenvalue weighted by Gasteiger charge is 2.58. The van der Waals surface area contributed by atoms with Gasteiger partial charge in [0.15, 0.2) is 36.8 Å². The highest BCUT2D eigenvalue weighted by atomic mass is 32.2. The van der Waals surface area contributed by atoms with Crippen molar-refractivity contribution in [1.82, 2.24) is 15.5 Å². The molecule has 3 aliphatic rings. The molecule has 0 aliphatic carbocycles. The maximum atomic E-state index is 14.7. The number of ether oxygens (including phenoxy) is 12. The Morgan fingerprint density at radius 2 is 1.16 bits per heavy atom. The second-order valence-corrected chi connectivity index (χ2v) is 19.8. The van der Waals surface area contributed by atoms with Crippen LogP contribution in [-0.2, 0) is 111 Å². The first kappa shape index (κ1) is 62.0. The topological polar surface area (TPSA) is 326 Å². The number of thioether (sulfide) groups is 1. The van der Waals surface area contributed by atoms with Crippen molar-refractivity contribution in [2.75, 3.05) is 25.5 Å². The molecule has 3 heterocycles. The van der Waals surface area contributed by atoms with Gasteiger partial charge in [0.05, 0.1) is 0 Å². The van der Waals surface area contributed by atoms with E-state index < -0.39 is 169 Å². The smallest absolute Gasteiger partial charge is 0.408 e. The van der Waals surface area contributed by atoms with Crippen molar-refractivity contribution in [1.29, 1.82) is 0 Å². The molecule has 27 heteroatoms. The van der Waals surface area contributed by atoms with E-state index in [9.17, 15) is 52.7 Å². The Balaban J connectivity index is 1.78. The van der Waals surface area contributed by atoms with Crippen LogP contribution in [0.2, 0.25) is 0 Å². The summed E-state index contributed by atoms with van der Waals surface area (Å²) in [5.74, 6) is -9.23. The van der Waals surface area contributed by atoms with Crippen LogP contribution in [0.3, 0.4) is 0 Å². The van der Waals surface area contributed by atoms with Gasteiger partial charge in [-0.05, 0) is 46.1 Å². The Labute approximate surface area is 442 Å². The normalized spacial score (nSPS) is 25.9. The molecule has 0 aromatic heterocycles. The Hall–Kier alpha value is -6.58. The summed E-state index contributed by atoms with van der Waals surface area (Å²) in [6, 6.07) is 4.93. The van der Waals surface area contributed by atoms with E-state index in [1.165, 1.54) is 11.8 Å². The van der Waals surface area contributed by atoms with E-state index in [0.29, 0.717) is 12.0 Å². The molecule has 3 fully saturated rings. The summed E-state index contributed by atoms with van der Waals surface area (Å²) in [7, 11) is 0. The standard InChI is InChI=1S/C49H67N3O23S/c1-24(50-48(63)75-49(9,10)11)43(60)51-33(44(61)52-19-15-18-34(52)45(62)66-20-32-16-13-12-14-17-32)23-76-47-42(71-31(8)59)40(69-29(6)57)38(36(73-47)22-65-26(3)54)74-46-41(70-30(7)58)39(68-28(5)56)37(67-27(4)55)35(72-46)21-64-25(2)53/h12-14,16-17,24,33-42,46-47H,15,18-23H2,1-11H3,(H,50,63)(H,51,60)/t24-,33-,34-,35+,36+,37-,38+,39-,40-,41+,42+,46-,47-/m0/s1. The fraction of sp³-hybridized carbons (Fsp3) is 0.653. The first-order valence-corrected chi connectivity index (χ1v) is 25.2. The third kappa shape index (κ3) is 19.2. The van der Waals surface area contributed by atoms with E-state index in [0.717, 1.165) is 60.2 Å². The van der Waals surface area contributed by atoms with Crippen molar-refractivity contribution >= 4 is 77.4 Å². The number of nitrogens with one attached hydrogen (secondary N) is 2. The van der Waals surface area contributed by atoms with Gasteiger partial charge in [0.1, 0.15) is 67.3 Å². The van der Waals surface area contributed by atoms with Gasteiger partial charge in [0.2, 0.25) is 11.8 Å². The number of likely N-dealkylation sites (tertiary alicyclic amines) is 1. The number of hydrogen-bond donors (Lipinski definition) is 2. The molecule has 1 aromatic carbocycles. The number of carbonyl (C=O) groups is 11. The van der Waals surface area contributed by atoms with Crippen molar-refractivity contribution in [3.63, 3.8) is 0 Å². The molecular weight excluding hydrogens is 1030 g/mol. The lowest BCUT2D eigenvalue weighted by Crippen LogP contribution is -2.67. The van der Waals surface area contributed by atoms with Crippen LogP contribution in [0.4, 0.5) is 4.79 Å². The Morgan fingerprint density at radius 3 is 1.70 bits per heavy atom. The lowest BCUT2D eigenvalue weighted by Gasteiger charge is -2.48. The summed E-state index contributed by atoms with van der Waals surface area (Å²) in [5.41, 5.74) is -1.74. The van der Waals surface area contributed by atoms with Crippen LogP contribution in [0.5, 0.6) is 0 Å². The number of alkyl carbamates (subject to hydrolysis) is 1. The maximum absolute atomic E-state index is 14.7. The van der Waals surface area contributed by atoms with Crippen molar-refractivity contribution in [3.8, 4) is 0 Å². The molecule has 0 saturated carbocycles. The average molecular weight is 1100 g/mol. The molecule has 3 saturated heterocycles. The van der Waals surface area contributed by atoms with Crippen LogP contribution in [-0.4, -0.2) is 180 Å². The molecule has 3 amide bonds. The minimum atomic E-state index is -1.93. The van der Waals surface area contributed by atoms with E-state index in [1.54, 1.807) is 51.1 Å². The summed E-state index contributed by atoms with van der Waals surface area (Å²) in [6.45, 7) is 12.0. The summed E-state index contributed by atoms with van der Waals surface area (Å²) < 4.78 is 68.6. The van der Waals surface area contributed by atoms with Gasteiger partial charge < -0.3 is 72.4 Å². The summed E-state index contributed by atoms with van der Waals surface area (Å²) in [4.78, 5) is 144. The number of amides is 3. The summed E-state index contributed by atoms with van der Waals surface area (Å²) in [5, 5.41) is 5.05. The number of esters is 8. The predicted octanol–water partition coefficient (Wildman–Crippen LogP) is 1.47. The first-order chi connectivity index (χ1) is 35.6. The van der Waals surface area contributed by atoms with Crippen LogP contribution in [0.15, 0.2) is 30.3 Å². The van der Waals surface area contributed by atoms with Gasteiger partial charge in [0.25, 0.3) is 0 Å². The number of benzene rings is 1. The van der Waals surface area contributed by atoms with Gasteiger partial charge in [-0.15, -0.1) is 11.8 Å². The van der Waals surface area contributed by atoms with Crippen LogP contribution in [0.25, 0.3) is 0 Å². The van der Waals surface area contributed by atoms with Crippen molar-refractivity contribution in [2.24, 2.45) is 0 Å². The Kier molecular flexibility index (Phi) is 23.3. The molecule has 1 aromatic rings. The highest BCUT2D eigenvalue weighted by molar-refractivity contribution is 7.99. The fourth-order valence-corrected chi connectivity index (χ4v) is 9.35. The molecular formula is C49H67N3O23S. The van der Waals surface area contributed by atoms with Crippen LogP contribution >= 0.6 is 11.8 Å². The van der Waals surface area contributed by atoms with Gasteiger partial charge in [-0.1, -0.05) is 30.3 Å². The van der Waals surface area contributed by atoms with Gasteiger partial charge in [-0.3, -0.25) is 43.2 Å². The lowest BCUT2D eigenvalue weighted by atomic mass is 9.96. The zero-order chi connectivity index (χ0) is 56.6. The molecule has 0 unspecified atom stereocenters. The summed E-state index contributed by atoms with van der Waals surface area (Å²) in [6.07, 6.45) is -15.7. The molecule has 4 rings (SSSR count). The first-order valence-electron chi connectivity index (χ1n) is 24.2. The molecule has 2 N–H and O–H groups in total. The molecule has 26 nitrogen and oxygen atoms in total. The van der Waals surface area contributed by atoms with E-state index in [4.69, 9.17) is 56.8 Å². The molecule has 0 bridgehead atoms. The Bertz CT molecular complexity index is 2260. The van der Waals surface area contributed by atoms with E-state index in [1.807, 2.05) is 0 Å². The van der Waals surface area contributed by atoms with Crippen LogP contribution in [0, 0.1) is 0 Å². The Morgan fingerprint density at radius 1 is 0.645 bits per heavy atom. The zero-order valence-electron chi connectivity index (χ0n) is 44.1. The monoisotopic (exact) mass is 1100 g/mol. The maximum Gasteiger partial charge on any atom is 0.408 e. The number of rotatable bonds is 21. The molecule has 13 atom stereocenters.